The molecule has 1 aliphatic heterocycles. The second kappa shape index (κ2) is 10.7. The van der Waals surface area contributed by atoms with E-state index in [0.717, 1.165) is 17.8 Å². The summed E-state index contributed by atoms with van der Waals surface area (Å²) in [5.74, 6) is -1.85. The maximum atomic E-state index is 14.0. The number of hydrogen-bond acceptors (Lipinski definition) is 5. The Labute approximate surface area is 209 Å². The number of carbonyl (C=O) groups is 1. The number of hydrogen-bond donors (Lipinski definition) is 0. The van der Waals surface area contributed by atoms with Gasteiger partial charge in [-0.25, -0.2) is 17.2 Å². The van der Waals surface area contributed by atoms with Crippen molar-refractivity contribution < 1.29 is 26.5 Å². The molecule has 0 saturated carbocycles. The molecule has 0 unspecified atom stereocenters. The van der Waals surface area contributed by atoms with E-state index in [0.29, 0.717) is 19.4 Å². The lowest BCUT2D eigenvalue weighted by molar-refractivity contribution is -0.123. The summed E-state index contributed by atoms with van der Waals surface area (Å²) in [6.07, 6.45) is 3.38. The molecule has 0 N–H and O–H groups in total. The third kappa shape index (κ3) is 5.24. The predicted octanol–water partition coefficient (Wildman–Crippen LogP) is 4.89. The van der Waals surface area contributed by atoms with Gasteiger partial charge in [0.05, 0.1) is 0 Å². The van der Waals surface area contributed by atoms with Gasteiger partial charge in [0.1, 0.15) is 17.3 Å². The van der Waals surface area contributed by atoms with Crippen molar-refractivity contribution in [3.8, 4) is 0 Å². The van der Waals surface area contributed by atoms with Gasteiger partial charge >= 0.3 is 0 Å². The van der Waals surface area contributed by atoms with E-state index in [-0.39, 0.29) is 46.8 Å². The van der Waals surface area contributed by atoms with Crippen LogP contribution in [0.15, 0.2) is 57.9 Å². The minimum Gasteiger partial charge on any atom is -0.355 e. The van der Waals surface area contributed by atoms with Crippen LogP contribution in [0.25, 0.3) is 12.2 Å². The first-order valence-electron chi connectivity index (χ1n) is 11.7. The monoisotopic (exact) mass is 515 g/mol. The number of benzene rings is 2. The average molecular weight is 516 g/mol. The number of sulfonamides is 1. The lowest BCUT2D eigenvalue weighted by Crippen LogP contribution is -2.44. The maximum absolute atomic E-state index is 14.0. The van der Waals surface area contributed by atoms with E-state index in [9.17, 15) is 22.0 Å². The summed E-state index contributed by atoms with van der Waals surface area (Å²) < 4.78 is 60.6. The lowest BCUT2D eigenvalue weighted by Gasteiger charge is -2.33. The highest BCUT2D eigenvalue weighted by atomic mass is 32.2. The summed E-state index contributed by atoms with van der Waals surface area (Å²) in [5.41, 5.74) is 1.06. The fourth-order valence-corrected chi connectivity index (χ4v) is 6.09. The molecule has 10 heteroatoms. The first-order valence-corrected chi connectivity index (χ1v) is 13.1. The predicted molar refractivity (Wildman–Crippen MR) is 132 cm³/mol. The summed E-state index contributed by atoms with van der Waals surface area (Å²) in [5, 5.41) is 3.79. The number of carbonyl (C=O) groups excluding carboxylic acids is 1. The number of amides is 1. The SMILES string of the molecule is CCN(C(=O)C1CCN(S(=O)(=O)c2c(C)noc2/C=C/c2ccc(F)cc2F)CC1)c1ccccc1. The number of para-hydroxylation sites is 1. The summed E-state index contributed by atoms with van der Waals surface area (Å²) in [7, 11) is -3.98. The van der Waals surface area contributed by atoms with Crippen LogP contribution < -0.4 is 4.90 Å². The number of halogens is 2. The van der Waals surface area contributed by atoms with Crippen molar-refractivity contribution >= 4 is 33.8 Å². The van der Waals surface area contributed by atoms with Crippen LogP contribution in [0.5, 0.6) is 0 Å². The molecule has 2 aromatic carbocycles. The third-order valence-corrected chi connectivity index (χ3v) is 8.32. The molecule has 7 nitrogen and oxygen atoms in total. The molecular weight excluding hydrogens is 488 g/mol. The zero-order valence-electron chi connectivity index (χ0n) is 20.0. The molecule has 1 amide bonds. The second-order valence-electron chi connectivity index (χ2n) is 8.56. The molecule has 0 spiro atoms. The molecule has 3 aromatic rings. The van der Waals surface area contributed by atoms with E-state index in [2.05, 4.69) is 5.16 Å². The molecule has 1 saturated heterocycles. The Balaban J connectivity index is 1.49. The van der Waals surface area contributed by atoms with Crippen LogP contribution in [0.4, 0.5) is 14.5 Å². The normalized spacial score (nSPS) is 15.4. The Hall–Kier alpha value is -3.37. The van der Waals surface area contributed by atoms with Gasteiger partial charge in [-0.05, 0) is 63.1 Å². The van der Waals surface area contributed by atoms with Gasteiger partial charge in [-0.15, -0.1) is 0 Å². The van der Waals surface area contributed by atoms with Gasteiger partial charge < -0.3 is 9.42 Å². The van der Waals surface area contributed by atoms with Crippen LogP contribution in [-0.2, 0) is 14.8 Å². The van der Waals surface area contributed by atoms with Crippen LogP contribution in [0.2, 0.25) is 0 Å². The highest BCUT2D eigenvalue weighted by Crippen LogP contribution is 2.30. The molecule has 0 atom stereocenters. The van der Waals surface area contributed by atoms with E-state index >= 15 is 0 Å². The van der Waals surface area contributed by atoms with Crippen LogP contribution in [-0.4, -0.2) is 43.4 Å². The Morgan fingerprint density at radius 2 is 1.83 bits per heavy atom. The van der Waals surface area contributed by atoms with Gasteiger partial charge in [0.2, 0.25) is 15.9 Å². The van der Waals surface area contributed by atoms with Crippen molar-refractivity contribution in [3.63, 3.8) is 0 Å². The van der Waals surface area contributed by atoms with E-state index < -0.39 is 21.7 Å². The Kier molecular flexibility index (Phi) is 7.65. The van der Waals surface area contributed by atoms with E-state index in [4.69, 9.17) is 4.52 Å². The van der Waals surface area contributed by atoms with Crippen molar-refractivity contribution in [1.82, 2.24) is 9.46 Å². The van der Waals surface area contributed by atoms with Gasteiger partial charge in [0.15, 0.2) is 10.7 Å². The quantitative estimate of drug-likeness (QED) is 0.448. The zero-order chi connectivity index (χ0) is 25.9. The lowest BCUT2D eigenvalue weighted by atomic mass is 9.96. The summed E-state index contributed by atoms with van der Waals surface area (Å²) >= 11 is 0. The van der Waals surface area contributed by atoms with Crippen molar-refractivity contribution in [2.75, 3.05) is 24.5 Å². The van der Waals surface area contributed by atoms with Gasteiger partial charge in [-0.1, -0.05) is 23.4 Å². The molecule has 4 rings (SSSR count). The first-order chi connectivity index (χ1) is 17.2. The molecule has 0 radical (unpaired) electrons. The summed E-state index contributed by atoms with van der Waals surface area (Å²) in [4.78, 5) is 14.8. The second-order valence-corrected chi connectivity index (χ2v) is 10.4. The van der Waals surface area contributed by atoms with Gasteiger partial charge in [-0.2, -0.15) is 4.31 Å². The van der Waals surface area contributed by atoms with Crippen LogP contribution in [0, 0.1) is 24.5 Å². The largest absolute Gasteiger partial charge is 0.355 e. The number of rotatable bonds is 7. The average Bonchev–Trinajstić information content (AvgIpc) is 3.25. The molecule has 2 heterocycles. The maximum Gasteiger partial charge on any atom is 0.248 e. The van der Waals surface area contributed by atoms with Crippen LogP contribution >= 0.6 is 0 Å². The van der Waals surface area contributed by atoms with Crippen molar-refractivity contribution in [3.05, 3.63) is 77.2 Å². The van der Waals surface area contributed by atoms with Crippen molar-refractivity contribution in [1.29, 1.82) is 0 Å². The zero-order valence-corrected chi connectivity index (χ0v) is 20.8. The van der Waals surface area contributed by atoms with Crippen molar-refractivity contribution in [2.45, 2.75) is 31.6 Å². The summed E-state index contributed by atoms with van der Waals surface area (Å²) in [6.45, 7) is 4.29. The van der Waals surface area contributed by atoms with Gasteiger partial charge in [0.25, 0.3) is 0 Å². The first kappa shape index (κ1) is 25.7. The van der Waals surface area contributed by atoms with E-state index in [1.54, 1.807) is 4.90 Å². The summed E-state index contributed by atoms with van der Waals surface area (Å²) in [6, 6.07) is 12.5. The molecule has 0 aliphatic carbocycles. The molecule has 190 valence electrons. The van der Waals surface area contributed by atoms with E-state index in [1.807, 2.05) is 37.3 Å². The minimum atomic E-state index is -3.98. The van der Waals surface area contributed by atoms with Gasteiger partial charge in [-0.3, -0.25) is 4.79 Å². The molecule has 36 heavy (non-hydrogen) atoms. The highest BCUT2D eigenvalue weighted by molar-refractivity contribution is 7.89. The van der Waals surface area contributed by atoms with E-state index in [1.165, 1.54) is 29.4 Å². The smallest absolute Gasteiger partial charge is 0.248 e. The van der Waals surface area contributed by atoms with Gasteiger partial charge in [0, 0.05) is 42.9 Å². The Morgan fingerprint density at radius 3 is 2.47 bits per heavy atom. The molecular formula is C26H27F2N3O4S. The fourth-order valence-electron chi connectivity index (χ4n) is 4.37. The molecule has 1 fully saturated rings. The number of anilines is 1. The topological polar surface area (TPSA) is 83.7 Å². The Bertz CT molecular complexity index is 1370. The number of aryl methyl sites for hydroxylation is 1. The third-order valence-electron chi connectivity index (χ3n) is 6.26. The number of nitrogens with zero attached hydrogens (tertiary/aromatic N) is 3. The standard InChI is InChI=1S/C26H27F2N3O4S/c1-3-31(22-7-5-4-6-8-22)26(32)20-13-15-30(16-14-20)36(33,34)25-18(2)29-35-24(25)12-10-19-9-11-21(27)17-23(19)28/h4-12,17,20H,3,13-16H2,1-2H3/b12-10+. The van der Waals surface area contributed by atoms with Crippen LogP contribution in [0.3, 0.4) is 0 Å². The molecule has 1 aromatic heterocycles. The van der Waals surface area contributed by atoms with Crippen LogP contribution in [0.1, 0.15) is 36.8 Å². The minimum absolute atomic E-state index is 0.0214. The Morgan fingerprint density at radius 1 is 1.14 bits per heavy atom. The fraction of sp³-hybridized carbons (Fsp3) is 0.308. The number of aromatic nitrogens is 1. The molecule has 0 bridgehead atoms. The highest BCUT2D eigenvalue weighted by Gasteiger charge is 2.37. The van der Waals surface area contributed by atoms with Crippen molar-refractivity contribution in [2.24, 2.45) is 5.92 Å². The number of piperidine rings is 1. The molecule has 1 aliphatic rings.